The minimum absolute atomic E-state index is 0.0213. The fourth-order valence-electron chi connectivity index (χ4n) is 1.51. The van der Waals surface area contributed by atoms with Crippen LogP contribution in [0.4, 0.5) is 26.3 Å². The standard InChI is InChI=1S/C12H8F6N4O2/c13-10(11(14,15)16)12(17,18)24-8-3-1-7(2-4-8)9(23)21-22-5-19-20-6-22/h1-6,10H,(H,21,23)/t10-/m0/s1. The number of nitrogens with zero attached hydrogens (tertiary/aromatic N) is 3. The van der Waals surface area contributed by atoms with Crippen LogP contribution in [0.15, 0.2) is 36.9 Å². The molecule has 130 valence electrons. The molecular weight excluding hydrogens is 346 g/mol. The zero-order valence-electron chi connectivity index (χ0n) is 11.5. The number of amides is 1. The van der Waals surface area contributed by atoms with Crippen LogP contribution in [-0.2, 0) is 0 Å². The molecule has 0 bridgehead atoms. The average Bonchev–Trinajstić information content (AvgIpc) is 2.98. The van der Waals surface area contributed by atoms with E-state index in [2.05, 4.69) is 20.4 Å². The van der Waals surface area contributed by atoms with Crippen LogP contribution < -0.4 is 10.2 Å². The summed E-state index contributed by atoms with van der Waals surface area (Å²) in [5.74, 6) is -1.42. The van der Waals surface area contributed by atoms with Gasteiger partial charge in [-0.15, -0.1) is 10.2 Å². The van der Waals surface area contributed by atoms with Crippen molar-refractivity contribution in [2.24, 2.45) is 0 Å². The number of aromatic nitrogens is 3. The minimum Gasteiger partial charge on any atom is -0.430 e. The Hall–Kier alpha value is -2.79. The van der Waals surface area contributed by atoms with Crippen molar-refractivity contribution >= 4 is 5.91 Å². The van der Waals surface area contributed by atoms with Crippen molar-refractivity contribution in [3.8, 4) is 5.75 Å². The van der Waals surface area contributed by atoms with Crippen LogP contribution >= 0.6 is 0 Å². The molecular formula is C12H8F6N4O2. The van der Waals surface area contributed by atoms with E-state index >= 15 is 0 Å². The molecule has 0 aliphatic rings. The lowest BCUT2D eigenvalue weighted by atomic mass is 10.2. The molecule has 1 N–H and O–H groups in total. The fourth-order valence-corrected chi connectivity index (χ4v) is 1.51. The summed E-state index contributed by atoms with van der Waals surface area (Å²) in [6.07, 6.45) is -13.0. The molecule has 0 spiro atoms. The van der Waals surface area contributed by atoms with E-state index < -0.39 is 30.1 Å². The largest absolute Gasteiger partial charge is 0.439 e. The number of benzene rings is 1. The molecule has 0 saturated heterocycles. The smallest absolute Gasteiger partial charge is 0.430 e. The lowest BCUT2D eigenvalue weighted by Gasteiger charge is -2.23. The molecule has 1 amide bonds. The number of halogens is 6. The van der Waals surface area contributed by atoms with Gasteiger partial charge >= 0.3 is 12.3 Å². The highest BCUT2D eigenvalue weighted by Gasteiger charge is 2.59. The maximum absolute atomic E-state index is 13.1. The Morgan fingerprint density at radius 2 is 1.62 bits per heavy atom. The molecule has 0 aliphatic heterocycles. The van der Waals surface area contributed by atoms with E-state index in [0.717, 1.165) is 28.9 Å². The Labute approximate surface area is 130 Å². The van der Waals surface area contributed by atoms with Gasteiger partial charge in [-0.05, 0) is 24.3 Å². The molecule has 2 aromatic rings. The molecule has 1 atom stereocenters. The summed E-state index contributed by atoms with van der Waals surface area (Å²) in [6.45, 7) is 0. The van der Waals surface area contributed by atoms with Crippen molar-refractivity contribution in [3.63, 3.8) is 0 Å². The summed E-state index contributed by atoms with van der Waals surface area (Å²) in [6, 6.07) is 3.62. The summed E-state index contributed by atoms with van der Waals surface area (Å²) < 4.78 is 79.8. The van der Waals surface area contributed by atoms with Crippen LogP contribution in [0.25, 0.3) is 0 Å². The van der Waals surface area contributed by atoms with Crippen LogP contribution in [-0.4, -0.2) is 39.2 Å². The molecule has 6 nitrogen and oxygen atoms in total. The molecule has 0 radical (unpaired) electrons. The van der Waals surface area contributed by atoms with Gasteiger partial charge in [0.15, 0.2) is 0 Å². The Kier molecular flexibility index (Phi) is 4.66. The maximum Gasteiger partial charge on any atom is 0.439 e. The van der Waals surface area contributed by atoms with Crippen molar-refractivity contribution in [1.82, 2.24) is 14.9 Å². The molecule has 0 saturated carbocycles. The van der Waals surface area contributed by atoms with Crippen molar-refractivity contribution in [2.45, 2.75) is 18.5 Å². The van der Waals surface area contributed by atoms with Crippen LogP contribution in [0.5, 0.6) is 5.75 Å². The van der Waals surface area contributed by atoms with E-state index in [1.807, 2.05) is 0 Å². The number of carbonyl (C=O) groups excluding carboxylic acids is 1. The summed E-state index contributed by atoms with van der Waals surface area (Å²) in [4.78, 5) is 11.8. The lowest BCUT2D eigenvalue weighted by molar-refractivity contribution is -0.304. The Balaban J connectivity index is 2.05. The van der Waals surface area contributed by atoms with Crippen molar-refractivity contribution < 1.29 is 35.9 Å². The quantitative estimate of drug-likeness (QED) is 0.838. The second-order valence-electron chi connectivity index (χ2n) is 4.40. The predicted octanol–water partition coefficient (Wildman–Crippen LogP) is 2.53. The van der Waals surface area contributed by atoms with Gasteiger partial charge < -0.3 is 4.74 Å². The fraction of sp³-hybridized carbons (Fsp3) is 0.250. The Morgan fingerprint density at radius 1 is 1.08 bits per heavy atom. The highest BCUT2D eigenvalue weighted by atomic mass is 19.4. The zero-order chi connectivity index (χ0) is 18.0. The third kappa shape index (κ3) is 4.14. The zero-order valence-corrected chi connectivity index (χ0v) is 11.5. The molecule has 1 aromatic carbocycles. The van der Waals surface area contributed by atoms with Gasteiger partial charge in [0.25, 0.3) is 12.1 Å². The van der Waals surface area contributed by atoms with E-state index in [1.165, 1.54) is 12.7 Å². The number of nitrogens with one attached hydrogen (secondary N) is 1. The third-order valence-electron chi connectivity index (χ3n) is 2.60. The third-order valence-corrected chi connectivity index (χ3v) is 2.60. The van der Waals surface area contributed by atoms with E-state index in [1.54, 1.807) is 0 Å². The second-order valence-corrected chi connectivity index (χ2v) is 4.40. The average molecular weight is 354 g/mol. The lowest BCUT2D eigenvalue weighted by Crippen LogP contribution is -2.45. The Bertz CT molecular complexity index is 687. The van der Waals surface area contributed by atoms with Crippen molar-refractivity contribution in [1.29, 1.82) is 0 Å². The van der Waals surface area contributed by atoms with Crippen LogP contribution in [0.1, 0.15) is 10.4 Å². The molecule has 12 heteroatoms. The number of carbonyl (C=O) groups is 1. The molecule has 1 heterocycles. The molecule has 0 unspecified atom stereocenters. The van der Waals surface area contributed by atoms with Gasteiger partial charge in [-0.2, -0.15) is 22.0 Å². The number of hydrogen-bond donors (Lipinski definition) is 1. The highest BCUT2D eigenvalue weighted by molar-refractivity contribution is 5.99. The molecule has 1 aromatic heterocycles. The number of ether oxygens (including phenoxy) is 1. The number of hydrogen-bond acceptors (Lipinski definition) is 4. The van der Waals surface area contributed by atoms with E-state index in [0.29, 0.717) is 0 Å². The summed E-state index contributed by atoms with van der Waals surface area (Å²) in [5.41, 5.74) is 2.28. The second kappa shape index (κ2) is 6.37. The monoisotopic (exact) mass is 354 g/mol. The first-order valence-electron chi connectivity index (χ1n) is 6.13. The van der Waals surface area contributed by atoms with Crippen LogP contribution in [0.2, 0.25) is 0 Å². The first kappa shape index (κ1) is 17.6. The van der Waals surface area contributed by atoms with Gasteiger partial charge in [-0.1, -0.05) is 0 Å². The molecule has 24 heavy (non-hydrogen) atoms. The number of alkyl halides is 6. The van der Waals surface area contributed by atoms with E-state index in [-0.39, 0.29) is 5.56 Å². The SMILES string of the molecule is O=C(Nn1cnnc1)c1ccc(OC(F)(F)[C@@H](F)C(F)(F)F)cc1. The van der Waals surface area contributed by atoms with Crippen molar-refractivity contribution in [2.75, 3.05) is 5.43 Å². The van der Waals surface area contributed by atoms with Crippen molar-refractivity contribution in [3.05, 3.63) is 42.5 Å². The van der Waals surface area contributed by atoms with Gasteiger partial charge in [0.1, 0.15) is 18.4 Å². The summed E-state index contributed by atoms with van der Waals surface area (Å²) in [7, 11) is 0. The maximum atomic E-state index is 13.1. The first-order chi connectivity index (χ1) is 11.1. The van der Waals surface area contributed by atoms with Gasteiger partial charge in [-0.3, -0.25) is 10.2 Å². The first-order valence-corrected chi connectivity index (χ1v) is 6.13. The Morgan fingerprint density at radius 3 is 2.12 bits per heavy atom. The van der Waals surface area contributed by atoms with Crippen LogP contribution in [0, 0.1) is 0 Å². The van der Waals surface area contributed by atoms with Gasteiger partial charge in [0.05, 0.1) is 0 Å². The van der Waals surface area contributed by atoms with Gasteiger partial charge in [0.2, 0.25) is 0 Å². The molecule has 0 aliphatic carbocycles. The number of rotatable bonds is 5. The molecule has 0 fully saturated rings. The predicted molar refractivity (Wildman–Crippen MR) is 66.7 cm³/mol. The highest BCUT2D eigenvalue weighted by Crippen LogP contribution is 2.36. The molecule has 2 rings (SSSR count). The topological polar surface area (TPSA) is 69.0 Å². The minimum atomic E-state index is -5.78. The van der Waals surface area contributed by atoms with Crippen LogP contribution in [0.3, 0.4) is 0 Å². The van der Waals surface area contributed by atoms with Gasteiger partial charge in [0, 0.05) is 5.56 Å². The van der Waals surface area contributed by atoms with E-state index in [9.17, 15) is 31.1 Å². The van der Waals surface area contributed by atoms with E-state index in [4.69, 9.17) is 0 Å². The normalized spacial score (nSPS) is 13.4. The summed E-state index contributed by atoms with van der Waals surface area (Å²) in [5, 5.41) is 6.85. The summed E-state index contributed by atoms with van der Waals surface area (Å²) >= 11 is 0. The van der Waals surface area contributed by atoms with Gasteiger partial charge in [-0.25, -0.2) is 9.07 Å².